The number of hydrogen-bond acceptors (Lipinski definition) is 7. The highest BCUT2D eigenvalue weighted by atomic mass is 32.1. The van der Waals surface area contributed by atoms with Crippen LogP contribution in [0.25, 0.3) is 0 Å². The van der Waals surface area contributed by atoms with Crippen molar-refractivity contribution in [3.05, 3.63) is 34.8 Å². The number of methoxy groups -OCH3 is 2. The maximum atomic E-state index is 12.5. The van der Waals surface area contributed by atoms with Crippen molar-refractivity contribution >= 4 is 23.3 Å². The van der Waals surface area contributed by atoms with Gasteiger partial charge in [0, 0.05) is 36.6 Å². The number of likely N-dealkylation sites (tertiary alicyclic amines) is 1. The second-order valence-corrected chi connectivity index (χ2v) is 6.97. The van der Waals surface area contributed by atoms with Gasteiger partial charge in [-0.15, -0.1) is 5.10 Å². The number of benzene rings is 1. The summed E-state index contributed by atoms with van der Waals surface area (Å²) in [6.45, 7) is 1.80. The van der Waals surface area contributed by atoms with Crippen molar-refractivity contribution in [3.63, 3.8) is 0 Å². The Morgan fingerprint density at radius 3 is 2.63 bits per heavy atom. The van der Waals surface area contributed by atoms with Crippen molar-refractivity contribution in [2.45, 2.75) is 12.8 Å². The molecule has 0 unspecified atom stereocenters. The summed E-state index contributed by atoms with van der Waals surface area (Å²) in [5.74, 6) is 1.03. The zero-order valence-corrected chi connectivity index (χ0v) is 16.1. The monoisotopic (exact) mass is 390 g/mol. The van der Waals surface area contributed by atoms with Gasteiger partial charge >= 0.3 is 0 Å². The first-order chi connectivity index (χ1) is 13.1. The Kier molecular flexibility index (Phi) is 6.23. The molecule has 0 saturated carbocycles. The van der Waals surface area contributed by atoms with Crippen LogP contribution in [0.3, 0.4) is 0 Å². The molecular formula is C18H22N4O4S. The molecule has 1 fully saturated rings. The predicted octanol–water partition coefficient (Wildman–Crippen LogP) is 1.84. The van der Waals surface area contributed by atoms with E-state index in [2.05, 4.69) is 14.9 Å². The molecule has 1 aliphatic heterocycles. The van der Waals surface area contributed by atoms with E-state index < -0.39 is 0 Å². The predicted molar refractivity (Wildman–Crippen MR) is 100 cm³/mol. The molecule has 9 heteroatoms. The minimum atomic E-state index is -0.195. The first-order valence-electron chi connectivity index (χ1n) is 8.68. The van der Waals surface area contributed by atoms with Crippen molar-refractivity contribution in [2.75, 3.05) is 33.9 Å². The van der Waals surface area contributed by atoms with Gasteiger partial charge in [0.15, 0.2) is 5.69 Å². The lowest BCUT2D eigenvalue weighted by Crippen LogP contribution is -2.43. The van der Waals surface area contributed by atoms with E-state index in [9.17, 15) is 9.59 Å². The lowest BCUT2D eigenvalue weighted by molar-refractivity contribution is 0.0665. The SMILES string of the molecule is COc1cc(OC)cc(C(=O)NC[C@@H]2CCCN(C(=O)c3csnn3)C2)c1. The summed E-state index contributed by atoms with van der Waals surface area (Å²) in [5.41, 5.74) is 0.858. The van der Waals surface area contributed by atoms with Crippen LogP contribution in [-0.2, 0) is 0 Å². The highest BCUT2D eigenvalue weighted by Crippen LogP contribution is 2.23. The smallest absolute Gasteiger partial charge is 0.275 e. The highest BCUT2D eigenvalue weighted by Gasteiger charge is 2.26. The molecule has 1 aromatic heterocycles. The molecule has 1 saturated heterocycles. The number of carbonyl (C=O) groups is 2. The molecule has 2 heterocycles. The summed E-state index contributed by atoms with van der Waals surface area (Å²) in [5, 5.41) is 8.46. The van der Waals surface area contributed by atoms with Gasteiger partial charge in [0.2, 0.25) is 0 Å². The molecule has 8 nitrogen and oxygen atoms in total. The van der Waals surface area contributed by atoms with E-state index in [0.29, 0.717) is 42.4 Å². The number of nitrogens with zero attached hydrogens (tertiary/aromatic N) is 3. The molecule has 0 aliphatic carbocycles. The van der Waals surface area contributed by atoms with E-state index >= 15 is 0 Å². The Labute approximate surface area is 161 Å². The fourth-order valence-electron chi connectivity index (χ4n) is 3.11. The molecule has 0 spiro atoms. The molecule has 0 bridgehead atoms. The third-order valence-corrected chi connectivity index (χ3v) is 5.05. The maximum absolute atomic E-state index is 12.5. The molecule has 2 amide bonds. The van der Waals surface area contributed by atoms with Crippen LogP contribution in [0.4, 0.5) is 0 Å². The number of amides is 2. The van der Waals surface area contributed by atoms with Crippen LogP contribution in [0, 0.1) is 5.92 Å². The molecular weight excluding hydrogens is 368 g/mol. The Morgan fingerprint density at radius 1 is 1.26 bits per heavy atom. The van der Waals surface area contributed by atoms with Crippen molar-refractivity contribution < 1.29 is 19.1 Å². The van der Waals surface area contributed by atoms with Gasteiger partial charge in [0.25, 0.3) is 11.8 Å². The lowest BCUT2D eigenvalue weighted by Gasteiger charge is -2.32. The molecule has 3 rings (SSSR count). The molecule has 1 atom stereocenters. The van der Waals surface area contributed by atoms with E-state index in [1.807, 2.05) is 0 Å². The van der Waals surface area contributed by atoms with Crippen molar-refractivity contribution in [1.29, 1.82) is 0 Å². The summed E-state index contributed by atoms with van der Waals surface area (Å²) in [4.78, 5) is 26.7. The summed E-state index contributed by atoms with van der Waals surface area (Å²) in [6.07, 6.45) is 1.86. The van der Waals surface area contributed by atoms with E-state index in [-0.39, 0.29) is 17.7 Å². The quantitative estimate of drug-likeness (QED) is 0.809. The van der Waals surface area contributed by atoms with Crippen LogP contribution in [0.5, 0.6) is 11.5 Å². The average molecular weight is 390 g/mol. The second-order valence-electron chi connectivity index (χ2n) is 6.36. The van der Waals surface area contributed by atoms with Gasteiger partial charge in [-0.1, -0.05) is 4.49 Å². The topological polar surface area (TPSA) is 93.7 Å². The zero-order chi connectivity index (χ0) is 19.2. The van der Waals surface area contributed by atoms with Crippen LogP contribution >= 0.6 is 11.5 Å². The number of hydrogen-bond donors (Lipinski definition) is 1. The van der Waals surface area contributed by atoms with Gasteiger partial charge in [-0.3, -0.25) is 9.59 Å². The molecule has 1 aromatic carbocycles. The molecule has 27 heavy (non-hydrogen) atoms. The number of piperidine rings is 1. The van der Waals surface area contributed by atoms with Gasteiger partial charge in [0.1, 0.15) is 11.5 Å². The lowest BCUT2D eigenvalue weighted by atomic mass is 9.97. The van der Waals surface area contributed by atoms with Gasteiger partial charge in [-0.05, 0) is 42.4 Å². The standard InChI is InChI=1S/C18H22N4O4S/c1-25-14-6-13(7-15(8-14)26-2)17(23)19-9-12-4-3-5-22(10-12)18(24)16-11-27-21-20-16/h6-8,11-12H,3-5,9-10H2,1-2H3,(H,19,23)/t12-/m0/s1. The number of aromatic nitrogens is 2. The number of ether oxygens (including phenoxy) is 2. The fraction of sp³-hybridized carbons (Fsp3) is 0.444. The number of carbonyl (C=O) groups excluding carboxylic acids is 2. The van der Waals surface area contributed by atoms with Crippen LogP contribution in [0.2, 0.25) is 0 Å². The second kappa shape index (κ2) is 8.81. The summed E-state index contributed by atoms with van der Waals surface area (Å²) >= 11 is 1.16. The van der Waals surface area contributed by atoms with Crippen molar-refractivity contribution in [1.82, 2.24) is 19.8 Å². The van der Waals surface area contributed by atoms with Crippen LogP contribution in [0.1, 0.15) is 33.7 Å². The van der Waals surface area contributed by atoms with Gasteiger partial charge in [0.05, 0.1) is 14.2 Å². The Hall–Kier alpha value is -2.68. The first kappa shape index (κ1) is 19.1. The largest absolute Gasteiger partial charge is 0.497 e. The van der Waals surface area contributed by atoms with Crippen LogP contribution < -0.4 is 14.8 Å². The fourth-order valence-corrected chi connectivity index (χ4v) is 3.54. The Morgan fingerprint density at radius 2 is 2.00 bits per heavy atom. The number of rotatable bonds is 6. The molecule has 0 radical (unpaired) electrons. The third-order valence-electron chi connectivity index (χ3n) is 4.55. The van der Waals surface area contributed by atoms with Crippen molar-refractivity contribution in [3.8, 4) is 11.5 Å². The maximum Gasteiger partial charge on any atom is 0.275 e. The minimum absolute atomic E-state index is 0.0997. The normalized spacial score (nSPS) is 16.7. The zero-order valence-electron chi connectivity index (χ0n) is 15.3. The van der Waals surface area contributed by atoms with E-state index in [1.54, 1.807) is 42.7 Å². The minimum Gasteiger partial charge on any atom is -0.497 e. The third kappa shape index (κ3) is 4.73. The van der Waals surface area contributed by atoms with E-state index in [1.165, 1.54) is 0 Å². The summed E-state index contributed by atoms with van der Waals surface area (Å²) in [7, 11) is 3.09. The average Bonchev–Trinajstić information content (AvgIpc) is 3.26. The molecule has 1 N–H and O–H groups in total. The Balaban J connectivity index is 1.58. The van der Waals surface area contributed by atoms with Gasteiger partial charge < -0.3 is 19.7 Å². The molecule has 1 aliphatic rings. The Bertz CT molecular complexity index is 774. The van der Waals surface area contributed by atoms with Gasteiger partial charge in [-0.2, -0.15) is 0 Å². The highest BCUT2D eigenvalue weighted by molar-refractivity contribution is 7.03. The van der Waals surface area contributed by atoms with Crippen LogP contribution in [-0.4, -0.2) is 60.2 Å². The molecule has 144 valence electrons. The summed E-state index contributed by atoms with van der Waals surface area (Å²) < 4.78 is 14.2. The van der Waals surface area contributed by atoms with E-state index in [0.717, 1.165) is 24.4 Å². The van der Waals surface area contributed by atoms with E-state index in [4.69, 9.17) is 9.47 Å². The van der Waals surface area contributed by atoms with Crippen molar-refractivity contribution in [2.24, 2.45) is 5.92 Å². The first-order valence-corrected chi connectivity index (χ1v) is 9.52. The summed E-state index contributed by atoms with van der Waals surface area (Å²) in [6, 6.07) is 5.06. The molecule has 2 aromatic rings. The van der Waals surface area contributed by atoms with Crippen LogP contribution in [0.15, 0.2) is 23.6 Å². The number of nitrogens with one attached hydrogen (secondary N) is 1. The van der Waals surface area contributed by atoms with Gasteiger partial charge in [-0.25, -0.2) is 0 Å².